The van der Waals surface area contributed by atoms with Gasteiger partial charge in [0.05, 0.1) is 11.4 Å². The Balaban J connectivity index is 1.11. The number of fused-ring (bicyclic) bond motifs is 4. The summed E-state index contributed by atoms with van der Waals surface area (Å²) in [6.07, 6.45) is 0. The van der Waals surface area contributed by atoms with Crippen LogP contribution in [0.15, 0.2) is 217 Å². The summed E-state index contributed by atoms with van der Waals surface area (Å²) < 4.78 is 6.23. The second-order valence-corrected chi connectivity index (χ2v) is 13.7. The van der Waals surface area contributed by atoms with Crippen LogP contribution in [0.25, 0.3) is 77.2 Å². The van der Waals surface area contributed by atoms with E-state index in [1.54, 1.807) is 0 Å². The van der Waals surface area contributed by atoms with Crippen LogP contribution in [0.1, 0.15) is 0 Å². The van der Waals surface area contributed by atoms with Crippen LogP contribution in [0.3, 0.4) is 0 Å². The van der Waals surface area contributed by atoms with E-state index in [9.17, 15) is 0 Å². The van der Waals surface area contributed by atoms with Crippen molar-refractivity contribution in [1.29, 1.82) is 0 Å². The lowest BCUT2D eigenvalue weighted by molar-refractivity contribution is 0.631. The minimum Gasteiger partial charge on any atom is -0.456 e. The van der Waals surface area contributed by atoms with Gasteiger partial charge in [0.2, 0.25) is 0 Å². The smallest absolute Gasteiger partial charge is 0.135 e. The maximum absolute atomic E-state index is 6.23. The molecule has 1 heterocycles. The van der Waals surface area contributed by atoms with E-state index >= 15 is 0 Å². The SMILES string of the molecule is c1ccc(-c2ccc(-c3ccccc3N(c3ccc(-c4cccc(-c5cc6ccccc6o5)c4)cc3)c3cc4ccccc4c4ccccc34)cc2)cc1. The van der Waals surface area contributed by atoms with E-state index in [-0.39, 0.29) is 0 Å². The van der Waals surface area contributed by atoms with Crippen molar-refractivity contribution >= 4 is 49.6 Å². The average Bonchev–Trinajstić information content (AvgIpc) is 3.70. The Morgan fingerprint density at radius 1 is 0.315 bits per heavy atom. The fourth-order valence-corrected chi connectivity index (χ4v) is 7.79. The largest absolute Gasteiger partial charge is 0.456 e. The quantitative estimate of drug-likeness (QED) is 0.155. The zero-order valence-corrected chi connectivity index (χ0v) is 29.6. The maximum atomic E-state index is 6.23. The summed E-state index contributed by atoms with van der Waals surface area (Å²) in [6, 6.07) is 76.0. The van der Waals surface area contributed by atoms with E-state index in [4.69, 9.17) is 4.42 Å². The number of anilines is 3. The van der Waals surface area contributed by atoms with E-state index < -0.39 is 0 Å². The molecule has 0 amide bonds. The third kappa shape index (κ3) is 5.71. The molecule has 0 fully saturated rings. The fraction of sp³-hybridized carbons (Fsp3) is 0. The molecule has 0 N–H and O–H groups in total. The van der Waals surface area contributed by atoms with Crippen molar-refractivity contribution in [3.63, 3.8) is 0 Å². The van der Waals surface area contributed by atoms with Gasteiger partial charge in [-0.1, -0.05) is 170 Å². The highest BCUT2D eigenvalue weighted by Gasteiger charge is 2.21. The Bertz CT molecular complexity index is 2890. The van der Waals surface area contributed by atoms with Gasteiger partial charge in [0.1, 0.15) is 11.3 Å². The van der Waals surface area contributed by atoms with Gasteiger partial charge in [-0.05, 0) is 86.4 Å². The Labute approximate surface area is 314 Å². The third-order valence-electron chi connectivity index (χ3n) is 10.5. The molecule has 0 saturated carbocycles. The fourth-order valence-electron chi connectivity index (χ4n) is 7.79. The minimum absolute atomic E-state index is 0.873. The maximum Gasteiger partial charge on any atom is 0.135 e. The van der Waals surface area contributed by atoms with Gasteiger partial charge in [-0.25, -0.2) is 0 Å². The Kier molecular flexibility index (Phi) is 7.85. The number of hydrogen-bond donors (Lipinski definition) is 0. The lowest BCUT2D eigenvalue weighted by Gasteiger charge is -2.30. The van der Waals surface area contributed by atoms with Crippen LogP contribution >= 0.6 is 0 Å². The number of rotatable bonds is 7. The van der Waals surface area contributed by atoms with Crippen LogP contribution in [0.2, 0.25) is 0 Å². The van der Waals surface area contributed by atoms with Crippen molar-refractivity contribution < 1.29 is 4.42 Å². The molecule has 0 radical (unpaired) electrons. The van der Waals surface area contributed by atoms with Gasteiger partial charge in [-0.15, -0.1) is 0 Å². The first-order chi connectivity index (χ1) is 26.8. The topological polar surface area (TPSA) is 16.4 Å². The van der Waals surface area contributed by atoms with Gasteiger partial charge in [0.15, 0.2) is 0 Å². The molecule has 0 bridgehead atoms. The second kappa shape index (κ2) is 13.4. The summed E-state index contributed by atoms with van der Waals surface area (Å²) >= 11 is 0. The third-order valence-corrected chi connectivity index (χ3v) is 10.5. The van der Waals surface area contributed by atoms with Gasteiger partial charge in [-0.2, -0.15) is 0 Å². The monoisotopic (exact) mass is 689 g/mol. The molecule has 10 aromatic rings. The van der Waals surface area contributed by atoms with Crippen molar-refractivity contribution in [3.05, 3.63) is 212 Å². The first-order valence-electron chi connectivity index (χ1n) is 18.4. The molecule has 0 spiro atoms. The van der Waals surface area contributed by atoms with Crippen LogP contribution < -0.4 is 4.90 Å². The van der Waals surface area contributed by atoms with Crippen LogP contribution in [0.4, 0.5) is 17.1 Å². The highest BCUT2D eigenvalue weighted by Crippen LogP contribution is 2.46. The molecule has 10 rings (SSSR count). The predicted molar refractivity (Wildman–Crippen MR) is 228 cm³/mol. The highest BCUT2D eigenvalue weighted by molar-refractivity contribution is 6.15. The lowest BCUT2D eigenvalue weighted by atomic mass is 9.96. The predicted octanol–water partition coefficient (Wildman–Crippen LogP) is 14.9. The van der Waals surface area contributed by atoms with Gasteiger partial charge in [0.25, 0.3) is 0 Å². The number of benzene rings is 9. The Morgan fingerprint density at radius 2 is 0.889 bits per heavy atom. The van der Waals surface area contributed by atoms with Crippen molar-refractivity contribution in [2.45, 2.75) is 0 Å². The normalized spacial score (nSPS) is 11.3. The minimum atomic E-state index is 0.873. The average molecular weight is 690 g/mol. The van der Waals surface area contributed by atoms with Gasteiger partial charge >= 0.3 is 0 Å². The zero-order chi connectivity index (χ0) is 35.8. The summed E-state index contributed by atoms with van der Waals surface area (Å²) in [7, 11) is 0. The molecule has 0 atom stereocenters. The molecule has 0 aliphatic rings. The second-order valence-electron chi connectivity index (χ2n) is 13.7. The van der Waals surface area contributed by atoms with E-state index in [0.717, 1.165) is 56.0 Å². The van der Waals surface area contributed by atoms with Crippen molar-refractivity contribution in [1.82, 2.24) is 0 Å². The molecule has 9 aromatic carbocycles. The number of hydrogen-bond acceptors (Lipinski definition) is 2. The molecule has 2 nitrogen and oxygen atoms in total. The van der Waals surface area contributed by atoms with Crippen LogP contribution in [-0.2, 0) is 0 Å². The first-order valence-corrected chi connectivity index (χ1v) is 18.4. The molecular formula is C52H35NO. The lowest BCUT2D eigenvalue weighted by Crippen LogP contribution is -2.12. The Hall–Kier alpha value is -7.16. The molecule has 0 saturated heterocycles. The summed E-state index contributed by atoms with van der Waals surface area (Å²) in [5, 5.41) is 6.00. The molecule has 0 unspecified atom stereocenters. The molecule has 0 aliphatic heterocycles. The summed E-state index contributed by atoms with van der Waals surface area (Å²) in [6.45, 7) is 0. The molecular weight excluding hydrogens is 655 g/mol. The van der Waals surface area contributed by atoms with Crippen molar-refractivity contribution in [2.75, 3.05) is 4.90 Å². The van der Waals surface area contributed by atoms with Crippen molar-refractivity contribution in [2.24, 2.45) is 0 Å². The standard InChI is InChI=1S/C52H35NO/c1-2-13-36(14-3-1)37-25-27-39(28-26-37)46-20-9-10-23-49(46)53(50-34-41-15-4-6-19-45(41)47-21-7-8-22-48(47)50)44-31-29-38(30-32-44)40-17-12-18-42(33-40)52-35-43-16-5-11-24-51(43)54-52/h1-35H. The zero-order valence-electron chi connectivity index (χ0n) is 29.6. The van der Waals surface area contributed by atoms with Crippen LogP contribution in [0.5, 0.6) is 0 Å². The molecule has 254 valence electrons. The van der Waals surface area contributed by atoms with Gasteiger partial charge < -0.3 is 9.32 Å². The molecule has 0 aliphatic carbocycles. The molecule has 2 heteroatoms. The number of para-hydroxylation sites is 2. The van der Waals surface area contributed by atoms with E-state index in [1.807, 2.05) is 18.2 Å². The van der Waals surface area contributed by atoms with Crippen LogP contribution in [-0.4, -0.2) is 0 Å². The molecule has 54 heavy (non-hydrogen) atoms. The van der Waals surface area contributed by atoms with Crippen molar-refractivity contribution in [3.8, 4) is 44.7 Å². The Morgan fingerprint density at radius 3 is 1.70 bits per heavy atom. The number of furan rings is 1. The van der Waals surface area contributed by atoms with Gasteiger partial charge in [0, 0.05) is 27.6 Å². The van der Waals surface area contributed by atoms with E-state index in [2.05, 4.69) is 199 Å². The highest BCUT2D eigenvalue weighted by atomic mass is 16.3. The summed E-state index contributed by atoms with van der Waals surface area (Å²) in [4.78, 5) is 2.43. The number of nitrogens with zero attached hydrogens (tertiary/aromatic N) is 1. The summed E-state index contributed by atoms with van der Waals surface area (Å²) in [5.74, 6) is 0.873. The first kappa shape index (κ1) is 31.6. The molecule has 1 aromatic heterocycles. The van der Waals surface area contributed by atoms with E-state index in [1.165, 1.54) is 38.2 Å². The van der Waals surface area contributed by atoms with Crippen LogP contribution in [0, 0.1) is 0 Å². The van der Waals surface area contributed by atoms with Gasteiger partial charge in [-0.3, -0.25) is 0 Å². The summed E-state index contributed by atoms with van der Waals surface area (Å²) in [5.41, 5.74) is 12.3. The van der Waals surface area contributed by atoms with E-state index in [0.29, 0.717) is 0 Å².